The topological polar surface area (TPSA) is 58.8 Å². The molecule has 3 atom stereocenters. The van der Waals surface area contributed by atoms with Gasteiger partial charge in [0.25, 0.3) is 0 Å². The highest BCUT2D eigenvalue weighted by atomic mass is 16.6. The highest BCUT2D eigenvalue weighted by Gasteiger charge is 2.32. The molecule has 1 saturated carbocycles. The predicted octanol–water partition coefficient (Wildman–Crippen LogP) is 3.25. The number of nitrogens with zero attached hydrogens (tertiary/aromatic N) is 2. The van der Waals surface area contributed by atoms with Crippen LogP contribution in [0.5, 0.6) is 0 Å². The van der Waals surface area contributed by atoms with Crippen LogP contribution >= 0.6 is 0 Å². The van der Waals surface area contributed by atoms with E-state index in [1.807, 2.05) is 25.2 Å². The number of allylic oxidation sites excluding steroid dienone is 3. The minimum Gasteiger partial charge on any atom is -0.443 e. The first-order valence-corrected chi connectivity index (χ1v) is 9.58. The van der Waals surface area contributed by atoms with Crippen LogP contribution in [0.3, 0.4) is 0 Å². The van der Waals surface area contributed by atoms with E-state index in [0.717, 1.165) is 36.3 Å². The Bertz CT molecular complexity index is 569. The van der Waals surface area contributed by atoms with Crippen molar-refractivity contribution in [2.24, 2.45) is 17.6 Å². The highest BCUT2D eigenvalue weighted by Crippen LogP contribution is 2.37. The summed E-state index contributed by atoms with van der Waals surface area (Å²) < 4.78 is 5.24. The lowest BCUT2D eigenvalue weighted by atomic mass is 9.75. The smallest absolute Gasteiger partial charge is 0.414 e. The molecule has 2 saturated heterocycles. The van der Waals surface area contributed by atoms with Gasteiger partial charge in [0, 0.05) is 31.0 Å². The molecular formula is C20H31N3O2. The number of fused-ring (bicyclic) bond motifs is 1. The third-order valence-electron chi connectivity index (χ3n) is 5.89. The summed E-state index contributed by atoms with van der Waals surface area (Å²) in [6.07, 6.45) is 12.2. The van der Waals surface area contributed by atoms with E-state index in [-0.39, 0.29) is 12.2 Å². The van der Waals surface area contributed by atoms with Gasteiger partial charge in [-0.1, -0.05) is 31.9 Å². The fourth-order valence-electron chi connectivity index (χ4n) is 4.35. The van der Waals surface area contributed by atoms with Gasteiger partial charge in [-0.05, 0) is 43.8 Å². The molecule has 138 valence electrons. The normalized spacial score (nSPS) is 30.6. The highest BCUT2D eigenvalue weighted by molar-refractivity contribution is 5.73. The molecule has 0 aromatic rings. The maximum Gasteiger partial charge on any atom is 0.414 e. The summed E-state index contributed by atoms with van der Waals surface area (Å²) in [5.41, 5.74) is 7.49. The van der Waals surface area contributed by atoms with Gasteiger partial charge in [-0.3, -0.25) is 4.90 Å². The van der Waals surface area contributed by atoms with Crippen molar-refractivity contribution < 1.29 is 9.53 Å². The Morgan fingerprint density at radius 3 is 2.68 bits per heavy atom. The molecule has 0 aromatic carbocycles. The van der Waals surface area contributed by atoms with Gasteiger partial charge in [0.2, 0.25) is 0 Å². The first-order valence-electron chi connectivity index (χ1n) is 9.58. The average Bonchev–Trinajstić information content (AvgIpc) is 3.02. The number of nitrogens with two attached hydrogens (primary N) is 1. The van der Waals surface area contributed by atoms with Crippen LogP contribution in [0.15, 0.2) is 36.2 Å². The third kappa shape index (κ3) is 4.09. The van der Waals surface area contributed by atoms with E-state index in [2.05, 4.69) is 11.5 Å². The standard InChI is InChI=1S/C20H31N3O2/c1-3-18(23-14-19(12-21)25-20(23)24)9-8-15(2)22-11-10-16-6-4-5-7-17(16)13-22/h3,8-9,16-17,19H,2,4-7,10-14,21H2,1H3/b9-8-,18-3+. The van der Waals surface area contributed by atoms with Gasteiger partial charge in [0.05, 0.1) is 6.54 Å². The molecule has 5 nitrogen and oxygen atoms in total. The fourth-order valence-corrected chi connectivity index (χ4v) is 4.35. The Balaban J connectivity index is 1.58. The van der Waals surface area contributed by atoms with Gasteiger partial charge < -0.3 is 15.4 Å². The summed E-state index contributed by atoms with van der Waals surface area (Å²) in [6, 6.07) is 0. The summed E-state index contributed by atoms with van der Waals surface area (Å²) in [5, 5.41) is 0. The van der Waals surface area contributed by atoms with Gasteiger partial charge in [-0.15, -0.1) is 0 Å². The summed E-state index contributed by atoms with van der Waals surface area (Å²) in [6.45, 7) is 9.27. The second kappa shape index (κ2) is 8.09. The van der Waals surface area contributed by atoms with Crippen LogP contribution in [-0.2, 0) is 4.74 Å². The average molecular weight is 345 g/mol. The number of carbonyl (C=O) groups is 1. The maximum atomic E-state index is 12.0. The zero-order valence-corrected chi connectivity index (χ0v) is 15.3. The quantitative estimate of drug-likeness (QED) is 0.777. The molecule has 0 radical (unpaired) electrons. The molecule has 1 aliphatic carbocycles. The van der Waals surface area contributed by atoms with Crippen LogP contribution in [-0.4, -0.2) is 48.2 Å². The number of hydrogen-bond acceptors (Lipinski definition) is 4. The maximum absolute atomic E-state index is 12.0. The van der Waals surface area contributed by atoms with E-state index in [4.69, 9.17) is 10.5 Å². The Kier molecular flexibility index (Phi) is 5.84. The number of carbonyl (C=O) groups excluding carboxylic acids is 1. The Hall–Kier alpha value is -1.75. The SMILES string of the molecule is C=C(/C=C\C(=C/C)N1CC(CN)OC1=O)N1CCC2CCCCC2C1. The number of rotatable bonds is 5. The minimum atomic E-state index is -0.318. The number of ether oxygens (including phenoxy) is 1. The molecule has 1 amide bonds. The zero-order chi connectivity index (χ0) is 17.8. The molecule has 5 heteroatoms. The lowest BCUT2D eigenvalue weighted by Crippen LogP contribution is -2.40. The molecule has 2 N–H and O–H groups in total. The number of piperidine rings is 1. The Labute approximate surface area is 151 Å². The zero-order valence-electron chi connectivity index (χ0n) is 15.3. The Morgan fingerprint density at radius 1 is 1.24 bits per heavy atom. The van der Waals surface area contributed by atoms with Crippen molar-refractivity contribution in [3.8, 4) is 0 Å². The van der Waals surface area contributed by atoms with Crippen LogP contribution in [0.25, 0.3) is 0 Å². The van der Waals surface area contributed by atoms with E-state index in [9.17, 15) is 4.79 Å². The van der Waals surface area contributed by atoms with Crippen molar-refractivity contribution in [2.75, 3.05) is 26.2 Å². The van der Waals surface area contributed by atoms with Crippen molar-refractivity contribution in [3.63, 3.8) is 0 Å². The number of amides is 1. The molecule has 2 aliphatic heterocycles. The van der Waals surface area contributed by atoms with E-state index in [1.165, 1.54) is 32.1 Å². The Morgan fingerprint density at radius 2 is 2.00 bits per heavy atom. The summed E-state index contributed by atoms with van der Waals surface area (Å²) in [5.74, 6) is 1.74. The first kappa shape index (κ1) is 18.1. The molecule has 3 aliphatic rings. The monoisotopic (exact) mass is 345 g/mol. The molecule has 3 fully saturated rings. The van der Waals surface area contributed by atoms with Gasteiger partial charge >= 0.3 is 6.09 Å². The lowest BCUT2D eigenvalue weighted by molar-refractivity contribution is 0.112. The van der Waals surface area contributed by atoms with E-state index >= 15 is 0 Å². The van der Waals surface area contributed by atoms with E-state index < -0.39 is 0 Å². The third-order valence-corrected chi connectivity index (χ3v) is 5.89. The number of cyclic esters (lactones) is 1. The molecule has 0 spiro atoms. The molecule has 0 aromatic heterocycles. The second-order valence-electron chi connectivity index (χ2n) is 7.43. The molecule has 25 heavy (non-hydrogen) atoms. The number of hydrogen-bond donors (Lipinski definition) is 1. The first-order chi connectivity index (χ1) is 12.1. The fraction of sp³-hybridized carbons (Fsp3) is 0.650. The van der Waals surface area contributed by atoms with E-state index in [0.29, 0.717) is 13.1 Å². The summed E-state index contributed by atoms with van der Waals surface area (Å²) in [7, 11) is 0. The van der Waals surface area contributed by atoms with Crippen LogP contribution in [0.1, 0.15) is 39.0 Å². The summed E-state index contributed by atoms with van der Waals surface area (Å²) in [4.78, 5) is 16.0. The lowest BCUT2D eigenvalue weighted by Gasteiger charge is -2.42. The number of likely N-dealkylation sites (tertiary alicyclic amines) is 1. The van der Waals surface area contributed by atoms with Gasteiger partial charge in [0.15, 0.2) is 0 Å². The largest absolute Gasteiger partial charge is 0.443 e. The van der Waals surface area contributed by atoms with Crippen molar-refractivity contribution in [3.05, 3.63) is 36.2 Å². The predicted molar refractivity (Wildman–Crippen MR) is 99.7 cm³/mol. The van der Waals surface area contributed by atoms with E-state index in [1.54, 1.807) is 4.90 Å². The molecule has 3 unspecified atom stereocenters. The molecule has 2 heterocycles. The van der Waals surface area contributed by atoms with Crippen LogP contribution in [0, 0.1) is 11.8 Å². The molecule has 0 bridgehead atoms. The van der Waals surface area contributed by atoms with Gasteiger partial charge in [-0.25, -0.2) is 4.79 Å². The van der Waals surface area contributed by atoms with Crippen molar-refractivity contribution >= 4 is 6.09 Å². The van der Waals surface area contributed by atoms with Crippen molar-refractivity contribution in [2.45, 2.75) is 45.1 Å². The van der Waals surface area contributed by atoms with Crippen LogP contribution in [0.2, 0.25) is 0 Å². The minimum absolute atomic E-state index is 0.218. The molecular weight excluding hydrogens is 314 g/mol. The van der Waals surface area contributed by atoms with Crippen LogP contribution in [0.4, 0.5) is 4.79 Å². The molecule has 3 rings (SSSR count). The van der Waals surface area contributed by atoms with Crippen LogP contribution < -0.4 is 5.73 Å². The van der Waals surface area contributed by atoms with Crippen molar-refractivity contribution in [1.82, 2.24) is 9.80 Å². The van der Waals surface area contributed by atoms with Crippen molar-refractivity contribution in [1.29, 1.82) is 0 Å². The van der Waals surface area contributed by atoms with Gasteiger partial charge in [-0.2, -0.15) is 0 Å². The second-order valence-corrected chi connectivity index (χ2v) is 7.43. The van der Waals surface area contributed by atoms with Gasteiger partial charge in [0.1, 0.15) is 6.10 Å². The summed E-state index contributed by atoms with van der Waals surface area (Å²) >= 11 is 0.